The van der Waals surface area contributed by atoms with Crippen LogP contribution in [-0.4, -0.2) is 19.3 Å². The molecule has 1 unspecified atom stereocenters. The van der Waals surface area contributed by atoms with Gasteiger partial charge in [-0.1, -0.05) is 17.7 Å². The Kier molecular flexibility index (Phi) is 4.63. The molecule has 84 valence electrons. The number of hydrogen-bond donors (Lipinski definition) is 1. The van der Waals surface area contributed by atoms with Gasteiger partial charge in [0, 0.05) is 18.3 Å². The summed E-state index contributed by atoms with van der Waals surface area (Å²) < 4.78 is 5.37. The molecule has 0 amide bonds. The fraction of sp³-hybridized carbons (Fsp3) is 0.538. The van der Waals surface area contributed by atoms with E-state index in [2.05, 4.69) is 44.3 Å². The monoisotopic (exact) mass is 207 g/mol. The molecule has 0 saturated carbocycles. The first-order chi connectivity index (χ1) is 7.13. The molecule has 0 bridgehead atoms. The molecule has 0 aliphatic heterocycles. The first-order valence-corrected chi connectivity index (χ1v) is 5.55. The van der Waals surface area contributed by atoms with Gasteiger partial charge in [0.2, 0.25) is 0 Å². The molecule has 0 heterocycles. The van der Waals surface area contributed by atoms with Crippen molar-refractivity contribution in [1.29, 1.82) is 0 Å². The Hall–Kier alpha value is -1.02. The summed E-state index contributed by atoms with van der Waals surface area (Å²) in [7, 11) is 0. The summed E-state index contributed by atoms with van der Waals surface area (Å²) >= 11 is 0. The zero-order valence-corrected chi connectivity index (χ0v) is 10.1. The molecule has 0 aliphatic rings. The maximum Gasteiger partial charge on any atom is 0.0664 e. The van der Waals surface area contributed by atoms with E-state index >= 15 is 0 Å². The van der Waals surface area contributed by atoms with Crippen LogP contribution in [0.5, 0.6) is 0 Å². The van der Waals surface area contributed by atoms with Crippen molar-refractivity contribution in [1.82, 2.24) is 0 Å². The van der Waals surface area contributed by atoms with Crippen molar-refractivity contribution in [2.24, 2.45) is 0 Å². The van der Waals surface area contributed by atoms with Crippen LogP contribution in [0, 0.1) is 13.8 Å². The summed E-state index contributed by atoms with van der Waals surface area (Å²) in [6, 6.07) is 6.80. The summed E-state index contributed by atoms with van der Waals surface area (Å²) in [6.07, 6.45) is 0. The minimum absolute atomic E-state index is 0.353. The Balaban J connectivity index is 2.56. The molecule has 1 N–H and O–H groups in total. The van der Waals surface area contributed by atoms with E-state index in [1.165, 1.54) is 16.8 Å². The second-order valence-corrected chi connectivity index (χ2v) is 4.02. The summed E-state index contributed by atoms with van der Waals surface area (Å²) in [5, 5.41) is 3.45. The number of hydrogen-bond acceptors (Lipinski definition) is 2. The van der Waals surface area contributed by atoms with Gasteiger partial charge in [0.05, 0.1) is 6.61 Å². The van der Waals surface area contributed by atoms with E-state index in [9.17, 15) is 0 Å². The van der Waals surface area contributed by atoms with Gasteiger partial charge in [0.15, 0.2) is 0 Å². The number of anilines is 1. The first kappa shape index (κ1) is 12.1. The van der Waals surface area contributed by atoms with Crippen LogP contribution in [0.3, 0.4) is 0 Å². The van der Waals surface area contributed by atoms with Crippen LogP contribution in [0.1, 0.15) is 25.0 Å². The average molecular weight is 207 g/mol. The van der Waals surface area contributed by atoms with E-state index in [-0.39, 0.29) is 0 Å². The molecule has 0 fully saturated rings. The maximum absolute atomic E-state index is 5.37. The zero-order valence-electron chi connectivity index (χ0n) is 10.1. The minimum atomic E-state index is 0.353. The van der Waals surface area contributed by atoms with E-state index in [4.69, 9.17) is 4.74 Å². The van der Waals surface area contributed by atoms with Crippen LogP contribution in [0.25, 0.3) is 0 Å². The van der Waals surface area contributed by atoms with Crippen LogP contribution < -0.4 is 5.32 Å². The largest absolute Gasteiger partial charge is 0.380 e. The predicted octanol–water partition coefficient (Wildman–Crippen LogP) is 3.14. The molecule has 2 nitrogen and oxygen atoms in total. The quantitative estimate of drug-likeness (QED) is 0.801. The van der Waals surface area contributed by atoms with Gasteiger partial charge < -0.3 is 10.1 Å². The average Bonchev–Trinajstić information content (AvgIpc) is 2.19. The maximum atomic E-state index is 5.37. The molecule has 2 heteroatoms. The van der Waals surface area contributed by atoms with Crippen molar-refractivity contribution in [2.45, 2.75) is 33.7 Å². The predicted molar refractivity (Wildman–Crippen MR) is 65.5 cm³/mol. The fourth-order valence-electron chi connectivity index (χ4n) is 1.58. The molecule has 1 aromatic rings. The Labute approximate surface area is 92.6 Å². The second-order valence-electron chi connectivity index (χ2n) is 4.02. The second kappa shape index (κ2) is 5.76. The van der Waals surface area contributed by atoms with Gasteiger partial charge in [0.1, 0.15) is 0 Å². The lowest BCUT2D eigenvalue weighted by molar-refractivity contribution is 0.141. The van der Waals surface area contributed by atoms with E-state index in [0.717, 1.165) is 13.2 Å². The Bertz CT molecular complexity index is 309. The van der Waals surface area contributed by atoms with E-state index in [0.29, 0.717) is 6.04 Å². The van der Waals surface area contributed by atoms with Gasteiger partial charge in [-0.15, -0.1) is 0 Å². The summed E-state index contributed by atoms with van der Waals surface area (Å²) in [5.74, 6) is 0. The number of nitrogens with one attached hydrogen (secondary N) is 1. The highest BCUT2D eigenvalue weighted by Crippen LogP contribution is 2.16. The Morgan fingerprint density at radius 3 is 2.67 bits per heavy atom. The topological polar surface area (TPSA) is 21.3 Å². The SMILES string of the molecule is CCOCC(C)Nc1ccc(C)cc1C. The molecule has 1 aromatic carbocycles. The number of rotatable bonds is 5. The van der Waals surface area contributed by atoms with Gasteiger partial charge in [-0.25, -0.2) is 0 Å². The number of benzene rings is 1. The van der Waals surface area contributed by atoms with Crippen molar-refractivity contribution >= 4 is 5.69 Å². The van der Waals surface area contributed by atoms with Crippen molar-refractivity contribution < 1.29 is 4.74 Å². The van der Waals surface area contributed by atoms with Gasteiger partial charge in [-0.2, -0.15) is 0 Å². The molecule has 0 saturated heterocycles. The van der Waals surface area contributed by atoms with E-state index < -0.39 is 0 Å². The minimum Gasteiger partial charge on any atom is -0.380 e. The van der Waals surface area contributed by atoms with Crippen LogP contribution in [0.15, 0.2) is 18.2 Å². The summed E-state index contributed by atoms with van der Waals surface area (Å²) in [4.78, 5) is 0. The highest BCUT2D eigenvalue weighted by Gasteiger charge is 2.03. The third-order valence-corrected chi connectivity index (χ3v) is 2.36. The highest BCUT2D eigenvalue weighted by molar-refractivity contribution is 5.52. The number of aryl methyl sites for hydroxylation is 2. The first-order valence-electron chi connectivity index (χ1n) is 5.55. The van der Waals surface area contributed by atoms with Crippen LogP contribution in [0.2, 0.25) is 0 Å². The lowest BCUT2D eigenvalue weighted by atomic mass is 10.1. The van der Waals surface area contributed by atoms with Crippen molar-refractivity contribution in [3.05, 3.63) is 29.3 Å². The molecular weight excluding hydrogens is 186 g/mol. The van der Waals surface area contributed by atoms with Gasteiger partial charge in [0.25, 0.3) is 0 Å². The highest BCUT2D eigenvalue weighted by atomic mass is 16.5. The Morgan fingerprint density at radius 2 is 2.07 bits per heavy atom. The molecule has 0 spiro atoms. The van der Waals surface area contributed by atoms with Crippen molar-refractivity contribution in [2.75, 3.05) is 18.5 Å². The third kappa shape index (κ3) is 3.92. The summed E-state index contributed by atoms with van der Waals surface area (Å²) in [6.45, 7) is 9.92. The van der Waals surface area contributed by atoms with Crippen LogP contribution in [-0.2, 0) is 4.74 Å². The van der Waals surface area contributed by atoms with E-state index in [1.807, 2.05) is 6.92 Å². The molecule has 15 heavy (non-hydrogen) atoms. The molecule has 1 rings (SSSR count). The lowest BCUT2D eigenvalue weighted by Gasteiger charge is -2.17. The normalized spacial score (nSPS) is 12.5. The van der Waals surface area contributed by atoms with Crippen LogP contribution >= 0.6 is 0 Å². The molecule has 0 aromatic heterocycles. The zero-order chi connectivity index (χ0) is 11.3. The van der Waals surface area contributed by atoms with Gasteiger partial charge >= 0.3 is 0 Å². The van der Waals surface area contributed by atoms with Crippen molar-refractivity contribution in [3.8, 4) is 0 Å². The standard InChI is InChI=1S/C13H21NO/c1-5-15-9-12(4)14-13-7-6-10(2)8-11(13)3/h6-8,12,14H,5,9H2,1-4H3. The fourth-order valence-corrected chi connectivity index (χ4v) is 1.58. The lowest BCUT2D eigenvalue weighted by Crippen LogP contribution is -2.22. The van der Waals surface area contributed by atoms with E-state index in [1.54, 1.807) is 0 Å². The van der Waals surface area contributed by atoms with Gasteiger partial charge in [-0.3, -0.25) is 0 Å². The third-order valence-electron chi connectivity index (χ3n) is 2.36. The van der Waals surface area contributed by atoms with Crippen LogP contribution in [0.4, 0.5) is 5.69 Å². The van der Waals surface area contributed by atoms with Gasteiger partial charge in [-0.05, 0) is 39.3 Å². The molecule has 1 atom stereocenters. The summed E-state index contributed by atoms with van der Waals surface area (Å²) in [5.41, 5.74) is 3.79. The molecular formula is C13H21NO. The molecule has 0 radical (unpaired) electrons. The molecule has 0 aliphatic carbocycles. The Morgan fingerprint density at radius 1 is 1.33 bits per heavy atom. The van der Waals surface area contributed by atoms with Crippen molar-refractivity contribution in [3.63, 3.8) is 0 Å². The smallest absolute Gasteiger partial charge is 0.0664 e. The number of ether oxygens (including phenoxy) is 1.